The number of nitrogens with zero attached hydrogens (tertiary/aromatic N) is 2. The highest BCUT2D eigenvalue weighted by Gasteiger charge is 2.32. The van der Waals surface area contributed by atoms with E-state index in [0.29, 0.717) is 23.9 Å². The molecule has 3 aliphatic rings. The Morgan fingerprint density at radius 3 is 2.41 bits per heavy atom. The van der Waals surface area contributed by atoms with Crippen LogP contribution in [0.1, 0.15) is 35.2 Å². The molecule has 2 atom stereocenters. The lowest BCUT2D eigenvalue weighted by Crippen LogP contribution is -2.35. The third-order valence-corrected chi connectivity index (χ3v) is 7.29. The van der Waals surface area contributed by atoms with Crippen molar-refractivity contribution in [3.63, 3.8) is 0 Å². The number of benzene rings is 1. The van der Waals surface area contributed by atoms with Crippen molar-refractivity contribution in [3.8, 4) is 0 Å². The van der Waals surface area contributed by atoms with Gasteiger partial charge in [0.15, 0.2) is 0 Å². The average Bonchev–Trinajstić information content (AvgIpc) is 2.98. The van der Waals surface area contributed by atoms with E-state index in [2.05, 4.69) is 5.32 Å². The molecule has 0 aliphatic carbocycles. The maximum absolute atomic E-state index is 13.0. The van der Waals surface area contributed by atoms with Gasteiger partial charge in [-0.15, -0.1) is 12.4 Å². The number of fused-ring (bicyclic) bond motifs is 2. The van der Waals surface area contributed by atoms with E-state index in [9.17, 15) is 13.2 Å². The van der Waals surface area contributed by atoms with Gasteiger partial charge < -0.3 is 10.2 Å². The van der Waals surface area contributed by atoms with Gasteiger partial charge >= 0.3 is 0 Å². The van der Waals surface area contributed by atoms with Crippen LogP contribution in [0.3, 0.4) is 0 Å². The van der Waals surface area contributed by atoms with E-state index in [-0.39, 0.29) is 18.3 Å². The molecule has 2 saturated heterocycles. The molecule has 150 valence electrons. The Labute approximate surface area is 167 Å². The van der Waals surface area contributed by atoms with E-state index in [1.54, 1.807) is 12.1 Å². The Morgan fingerprint density at radius 1 is 1.11 bits per heavy atom. The molecule has 3 heterocycles. The Kier molecular flexibility index (Phi) is 6.03. The third kappa shape index (κ3) is 4.10. The van der Waals surface area contributed by atoms with E-state index in [4.69, 9.17) is 0 Å². The van der Waals surface area contributed by atoms with Crippen molar-refractivity contribution in [2.24, 2.45) is 11.8 Å². The lowest BCUT2D eigenvalue weighted by Gasteiger charge is -2.30. The maximum Gasteiger partial charge on any atom is 0.253 e. The number of likely N-dealkylation sites (tertiary alicyclic amines) is 1. The monoisotopic (exact) mass is 413 g/mol. The second-order valence-corrected chi connectivity index (χ2v) is 9.74. The topological polar surface area (TPSA) is 69.7 Å². The standard InChI is InChI=1S/C19H27N3O3S.ClH/c1-26(24,25)22-8-2-3-14-11-15(4-5-18(14)22)19(23)21-9-6-16-12-20-13-17(16)7-10-21;/h4-5,11,16-17,20H,2-3,6-10,12-13H2,1H3;1H/t16-,17+;. The molecular formula is C19H28ClN3O3S. The van der Waals surface area contributed by atoms with Crippen LogP contribution in [-0.4, -0.2) is 58.2 Å². The molecule has 27 heavy (non-hydrogen) atoms. The van der Waals surface area contributed by atoms with Crippen molar-refractivity contribution in [2.45, 2.75) is 25.7 Å². The number of rotatable bonds is 2. The normalized spacial score (nSPS) is 25.2. The van der Waals surface area contributed by atoms with Gasteiger partial charge in [-0.1, -0.05) is 0 Å². The molecule has 1 amide bonds. The molecule has 1 aromatic rings. The fourth-order valence-electron chi connectivity index (χ4n) is 4.64. The van der Waals surface area contributed by atoms with Crippen LogP contribution in [0.5, 0.6) is 0 Å². The van der Waals surface area contributed by atoms with E-state index < -0.39 is 10.0 Å². The number of aryl methyl sites for hydroxylation is 1. The van der Waals surface area contributed by atoms with Gasteiger partial charge in [-0.2, -0.15) is 0 Å². The van der Waals surface area contributed by atoms with Gasteiger partial charge in [0.05, 0.1) is 11.9 Å². The van der Waals surface area contributed by atoms with Gasteiger partial charge in [0.1, 0.15) is 0 Å². The van der Waals surface area contributed by atoms with Crippen LogP contribution in [0.15, 0.2) is 18.2 Å². The van der Waals surface area contributed by atoms with Gasteiger partial charge in [-0.05, 0) is 74.4 Å². The van der Waals surface area contributed by atoms with Gasteiger partial charge in [0.2, 0.25) is 10.0 Å². The highest BCUT2D eigenvalue weighted by Crippen LogP contribution is 2.31. The summed E-state index contributed by atoms with van der Waals surface area (Å²) in [6.07, 6.45) is 4.98. The zero-order valence-electron chi connectivity index (χ0n) is 15.7. The Balaban J connectivity index is 0.00000210. The summed E-state index contributed by atoms with van der Waals surface area (Å²) in [6, 6.07) is 5.50. The first-order valence-corrected chi connectivity index (χ1v) is 11.4. The van der Waals surface area contributed by atoms with E-state index in [1.165, 1.54) is 10.6 Å². The molecule has 0 radical (unpaired) electrons. The molecular weight excluding hydrogens is 386 g/mol. The summed E-state index contributed by atoms with van der Waals surface area (Å²) in [7, 11) is -3.27. The predicted molar refractivity (Wildman–Crippen MR) is 109 cm³/mol. The first-order chi connectivity index (χ1) is 12.4. The second kappa shape index (κ2) is 7.97. The largest absolute Gasteiger partial charge is 0.339 e. The molecule has 2 fully saturated rings. The molecule has 0 spiro atoms. The summed E-state index contributed by atoms with van der Waals surface area (Å²) >= 11 is 0. The quantitative estimate of drug-likeness (QED) is 0.803. The SMILES string of the molecule is CS(=O)(=O)N1CCCc2cc(C(=O)N3CC[C@@H]4CNC[C@@H]4CC3)ccc21.Cl. The number of carbonyl (C=O) groups is 1. The van der Waals surface area contributed by atoms with Crippen LogP contribution in [0.4, 0.5) is 5.69 Å². The molecule has 8 heteroatoms. The number of hydrogen-bond acceptors (Lipinski definition) is 4. The number of halogens is 1. The van der Waals surface area contributed by atoms with Crippen LogP contribution >= 0.6 is 12.4 Å². The number of amides is 1. The first-order valence-electron chi connectivity index (χ1n) is 9.54. The van der Waals surface area contributed by atoms with Crippen molar-refractivity contribution in [1.29, 1.82) is 0 Å². The fraction of sp³-hybridized carbons (Fsp3) is 0.632. The second-order valence-electron chi connectivity index (χ2n) is 7.83. The molecule has 1 aromatic carbocycles. The number of nitrogens with one attached hydrogen (secondary N) is 1. The van der Waals surface area contributed by atoms with Crippen molar-refractivity contribution in [1.82, 2.24) is 10.2 Å². The minimum atomic E-state index is -3.27. The summed E-state index contributed by atoms with van der Waals surface area (Å²) in [4.78, 5) is 15.0. The molecule has 3 aliphatic heterocycles. The maximum atomic E-state index is 13.0. The Bertz CT molecular complexity index is 800. The van der Waals surface area contributed by atoms with Crippen LogP contribution in [0, 0.1) is 11.8 Å². The van der Waals surface area contributed by atoms with Crippen molar-refractivity contribution < 1.29 is 13.2 Å². The van der Waals surface area contributed by atoms with Crippen molar-refractivity contribution in [2.75, 3.05) is 43.3 Å². The predicted octanol–water partition coefficient (Wildman–Crippen LogP) is 1.89. The van der Waals surface area contributed by atoms with Gasteiger partial charge in [0, 0.05) is 25.2 Å². The molecule has 0 aromatic heterocycles. The lowest BCUT2D eigenvalue weighted by atomic mass is 9.92. The summed E-state index contributed by atoms with van der Waals surface area (Å²) in [5.41, 5.74) is 2.37. The zero-order valence-corrected chi connectivity index (χ0v) is 17.3. The molecule has 6 nitrogen and oxygen atoms in total. The summed E-state index contributed by atoms with van der Waals surface area (Å²) in [5, 5.41) is 3.46. The van der Waals surface area contributed by atoms with Gasteiger partial charge in [0.25, 0.3) is 5.91 Å². The van der Waals surface area contributed by atoms with Crippen molar-refractivity contribution >= 4 is 34.0 Å². The van der Waals surface area contributed by atoms with E-state index in [0.717, 1.165) is 63.1 Å². The lowest BCUT2D eigenvalue weighted by molar-refractivity contribution is 0.0758. The Hall–Kier alpha value is -1.31. The summed E-state index contributed by atoms with van der Waals surface area (Å²) < 4.78 is 25.4. The molecule has 0 saturated carbocycles. The fourth-order valence-corrected chi connectivity index (χ4v) is 5.64. The number of anilines is 1. The van der Waals surface area contributed by atoms with Crippen LogP contribution in [0.2, 0.25) is 0 Å². The summed E-state index contributed by atoms with van der Waals surface area (Å²) in [5.74, 6) is 1.47. The summed E-state index contributed by atoms with van der Waals surface area (Å²) in [6.45, 7) is 4.30. The first kappa shape index (κ1) is 20.4. The van der Waals surface area contributed by atoms with E-state index >= 15 is 0 Å². The highest BCUT2D eigenvalue weighted by molar-refractivity contribution is 7.92. The Morgan fingerprint density at radius 2 is 1.78 bits per heavy atom. The number of carbonyl (C=O) groups excluding carboxylic acids is 1. The average molecular weight is 414 g/mol. The third-order valence-electron chi connectivity index (χ3n) is 6.11. The smallest absolute Gasteiger partial charge is 0.253 e. The zero-order chi connectivity index (χ0) is 18.3. The van der Waals surface area contributed by atoms with Crippen LogP contribution in [0.25, 0.3) is 0 Å². The minimum Gasteiger partial charge on any atom is -0.339 e. The number of hydrogen-bond donors (Lipinski definition) is 1. The van der Waals surface area contributed by atoms with Gasteiger partial charge in [-0.3, -0.25) is 9.10 Å². The van der Waals surface area contributed by atoms with Crippen LogP contribution < -0.4 is 9.62 Å². The highest BCUT2D eigenvalue weighted by atomic mass is 35.5. The van der Waals surface area contributed by atoms with Crippen molar-refractivity contribution in [3.05, 3.63) is 29.3 Å². The minimum absolute atomic E-state index is 0. The molecule has 1 N–H and O–H groups in total. The molecule has 4 rings (SSSR count). The van der Waals surface area contributed by atoms with Crippen LogP contribution in [-0.2, 0) is 16.4 Å². The number of sulfonamides is 1. The molecule has 0 unspecified atom stereocenters. The van der Waals surface area contributed by atoms with Gasteiger partial charge in [-0.25, -0.2) is 8.42 Å². The molecule has 0 bridgehead atoms. The van der Waals surface area contributed by atoms with E-state index in [1.807, 2.05) is 11.0 Å².